The molecule has 0 bridgehead atoms. The van der Waals surface area contributed by atoms with E-state index in [1.807, 2.05) is 0 Å². The van der Waals surface area contributed by atoms with E-state index < -0.39 is 0 Å². The van der Waals surface area contributed by atoms with Gasteiger partial charge >= 0.3 is 0 Å². The maximum Gasteiger partial charge on any atom is 0.119 e. The smallest absolute Gasteiger partial charge is 0.119 e. The molecule has 1 nitrogen and oxygen atoms in total. The van der Waals surface area contributed by atoms with Crippen molar-refractivity contribution in [1.82, 2.24) is 0 Å². The van der Waals surface area contributed by atoms with Gasteiger partial charge in [-0.25, -0.2) is 0 Å². The summed E-state index contributed by atoms with van der Waals surface area (Å²) >= 11 is 0. The lowest BCUT2D eigenvalue weighted by Gasteiger charge is -2.30. The molecule has 0 heterocycles. The van der Waals surface area contributed by atoms with E-state index >= 15 is 0 Å². The zero-order valence-corrected chi connectivity index (χ0v) is 18.1. The van der Waals surface area contributed by atoms with Crippen molar-refractivity contribution < 1.29 is 4.74 Å². The van der Waals surface area contributed by atoms with Crippen molar-refractivity contribution in [2.75, 3.05) is 6.61 Å². The van der Waals surface area contributed by atoms with E-state index in [0.29, 0.717) is 0 Å². The van der Waals surface area contributed by atoms with Gasteiger partial charge in [-0.15, -0.1) is 0 Å². The molecule has 0 aliphatic heterocycles. The highest BCUT2D eigenvalue weighted by Crippen LogP contribution is 2.39. The molecule has 2 aliphatic carbocycles. The van der Waals surface area contributed by atoms with Gasteiger partial charge in [0.05, 0.1) is 6.61 Å². The third-order valence-electron chi connectivity index (χ3n) is 7.37. The van der Waals surface area contributed by atoms with Gasteiger partial charge in [-0.1, -0.05) is 58.4 Å². The molecule has 0 unspecified atom stereocenters. The van der Waals surface area contributed by atoms with Crippen molar-refractivity contribution in [3.63, 3.8) is 0 Å². The van der Waals surface area contributed by atoms with Crippen LogP contribution in [-0.4, -0.2) is 6.61 Å². The van der Waals surface area contributed by atoms with Gasteiger partial charge in [-0.3, -0.25) is 0 Å². The maximum atomic E-state index is 6.21. The fourth-order valence-corrected chi connectivity index (χ4v) is 5.68. The number of ether oxygens (including phenoxy) is 1. The molecule has 0 N–H and O–H groups in total. The van der Waals surface area contributed by atoms with Gasteiger partial charge in [-0.05, 0) is 92.4 Å². The maximum absolute atomic E-state index is 6.21. The second kappa shape index (κ2) is 10.5. The lowest BCUT2D eigenvalue weighted by molar-refractivity contribution is 0.178. The molecule has 0 amide bonds. The first-order valence-electron chi connectivity index (χ1n) is 11.9. The molecule has 152 valence electrons. The van der Waals surface area contributed by atoms with E-state index in [1.165, 1.54) is 82.6 Å². The molecule has 1 aromatic carbocycles. The summed E-state index contributed by atoms with van der Waals surface area (Å²) in [6, 6.07) is 6.91. The van der Waals surface area contributed by atoms with Crippen LogP contribution in [0.5, 0.6) is 5.75 Å². The first kappa shape index (κ1) is 20.7. The van der Waals surface area contributed by atoms with Gasteiger partial charge in [0.15, 0.2) is 0 Å². The number of rotatable bonds is 8. The summed E-state index contributed by atoms with van der Waals surface area (Å²) in [6.45, 7) is 7.85. The summed E-state index contributed by atoms with van der Waals surface area (Å²) < 4.78 is 6.21. The van der Waals surface area contributed by atoms with Crippen molar-refractivity contribution in [3.8, 4) is 5.75 Å². The quantitative estimate of drug-likeness (QED) is 0.449. The standard InChI is InChI=1S/C26H42O/c1-4-6-21-8-10-23(11-9-21)19-27-25-16-17-26(20(3)18-25)24-14-12-22(7-5-2)13-15-24/h16-18,21-24H,4-15,19H2,1-3H3/t21-,22-,23-,24-. The Labute approximate surface area is 168 Å². The lowest BCUT2D eigenvalue weighted by atomic mass is 9.76. The third kappa shape index (κ3) is 6.00. The van der Waals surface area contributed by atoms with Crippen LogP contribution < -0.4 is 4.74 Å². The van der Waals surface area contributed by atoms with Crippen LogP contribution in [0.2, 0.25) is 0 Å². The van der Waals surface area contributed by atoms with E-state index in [0.717, 1.165) is 36.0 Å². The van der Waals surface area contributed by atoms with Crippen LogP contribution in [0, 0.1) is 24.7 Å². The molecular weight excluding hydrogens is 328 g/mol. The molecular formula is C26H42O. The molecule has 27 heavy (non-hydrogen) atoms. The van der Waals surface area contributed by atoms with Gasteiger partial charge in [0.2, 0.25) is 0 Å². The number of benzene rings is 1. The summed E-state index contributed by atoms with van der Waals surface area (Å²) in [5, 5.41) is 0. The van der Waals surface area contributed by atoms with Gasteiger partial charge in [0, 0.05) is 0 Å². The van der Waals surface area contributed by atoms with E-state index in [9.17, 15) is 0 Å². The largest absolute Gasteiger partial charge is 0.493 e. The van der Waals surface area contributed by atoms with Gasteiger partial charge in [-0.2, -0.15) is 0 Å². The Morgan fingerprint density at radius 2 is 1.33 bits per heavy atom. The van der Waals surface area contributed by atoms with E-state index in [-0.39, 0.29) is 0 Å². The Balaban J connectivity index is 1.46. The zero-order valence-electron chi connectivity index (χ0n) is 18.1. The van der Waals surface area contributed by atoms with Crippen LogP contribution in [-0.2, 0) is 0 Å². The first-order chi connectivity index (χ1) is 13.2. The fourth-order valence-electron chi connectivity index (χ4n) is 5.68. The van der Waals surface area contributed by atoms with Crippen molar-refractivity contribution in [2.24, 2.45) is 17.8 Å². The van der Waals surface area contributed by atoms with Crippen LogP contribution >= 0.6 is 0 Å². The predicted octanol–water partition coefficient (Wildman–Crippen LogP) is 8.05. The minimum atomic E-state index is 0.770. The van der Waals surface area contributed by atoms with Crippen LogP contribution in [0.15, 0.2) is 18.2 Å². The Morgan fingerprint density at radius 1 is 0.778 bits per heavy atom. The van der Waals surface area contributed by atoms with E-state index in [4.69, 9.17) is 4.74 Å². The molecule has 0 aromatic heterocycles. The highest BCUT2D eigenvalue weighted by atomic mass is 16.5. The fraction of sp³-hybridized carbons (Fsp3) is 0.769. The second-order valence-electron chi connectivity index (χ2n) is 9.51. The summed E-state index contributed by atoms with van der Waals surface area (Å²) in [5.41, 5.74) is 3.02. The summed E-state index contributed by atoms with van der Waals surface area (Å²) in [5.74, 6) is 4.61. The molecule has 0 radical (unpaired) electrons. The number of hydrogen-bond acceptors (Lipinski definition) is 1. The van der Waals surface area contributed by atoms with Crippen LogP contribution in [0.3, 0.4) is 0 Å². The van der Waals surface area contributed by atoms with Crippen molar-refractivity contribution in [2.45, 2.75) is 104 Å². The van der Waals surface area contributed by atoms with Crippen LogP contribution in [0.1, 0.15) is 108 Å². The Morgan fingerprint density at radius 3 is 1.89 bits per heavy atom. The van der Waals surface area contributed by atoms with E-state index in [1.54, 1.807) is 5.56 Å². The Bertz CT molecular complexity index is 547. The summed E-state index contributed by atoms with van der Waals surface area (Å²) in [4.78, 5) is 0. The molecule has 2 aliphatic rings. The predicted molar refractivity (Wildman–Crippen MR) is 117 cm³/mol. The summed E-state index contributed by atoms with van der Waals surface area (Å²) in [7, 11) is 0. The van der Waals surface area contributed by atoms with E-state index in [2.05, 4.69) is 39.0 Å². The van der Waals surface area contributed by atoms with Crippen molar-refractivity contribution in [3.05, 3.63) is 29.3 Å². The molecule has 2 fully saturated rings. The van der Waals surface area contributed by atoms with Crippen LogP contribution in [0.25, 0.3) is 0 Å². The highest BCUT2D eigenvalue weighted by Gasteiger charge is 2.24. The van der Waals surface area contributed by atoms with Gasteiger partial charge in [0.25, 0.3) is 0 Å². The molecule has 1 heteroatoms. The Kier molecular flexibility index (Phi) is 8.09. The normalized spacial score (nSPS) is 28.9. The minimum absolute atomic E-state index is 0.770. The second-order valence-corrected chi connectivity index (χ2v) is 9.51. The first-order valence-corrected chi connectivity index (χ1v) is 11.9. The average Bonchev–Trinajstić information content (AvgIpc) is 2.69. The SMILES string of the molecule is CCC[C@H]1CC[C@H](COc2ccc([C@H]3CC[C@H](CCC)CC3)c(C)c2)CC1. The van der Waals surface area contributed by atoms with Crippen molar-refractivity contribution in [1.29, 1.82) is 0 Å². The molecule has 2 saturated carbocycles. The topological polar surface area (TPSA) is 9.23 Å². The molecule has 0 atom stereocenters. The molecule has 1 aromatic rings. The van der Waals surface area contributed by atoms with Crippen molar-refractivity contribution >= 4 is 0 Å². The van der Waals surface area contributed by atoms with Gasteiger partial charge < -0.3 is 4.74 Å². The lowest BCUT2D eigenvalue weighted by Crippen LogP contribution is -2.20. The Hall–Kier alpha value is -0.980. The molecule has 0 spiro atoms. The van der Waals surface area contributed by atoms with Gasteiger partial charge in [0.1, 0.15) is 5.75 Å². The molecule has 3 rings (SSSR count). The minimum Gasteiger partial charge on any atom is -0.493 e. The number of aryl methyl sites for hydroxylation is 1. The zero-order chi connectivity index (χ0) is 19.1. The monoisotopic (exact) mass is 370 g/mol. The van der Waals surface area contributed by atoms with Crippen LogP contribution in [0.4, 0.5) is 0 Å². The number of hydrogen-bond donors (Lipinski definition) is 0. The average molecular weight is 371 g/mol. The highest BCUT2D eigenvalue weighted by molar-refractivity contribution is 5.37. The third-order valence-corrected chi connectivity index (χ3v) is 7.37. The molecule has 0 saturated heterocycles. The summed E-state index contributed by atoms with van der Waals surface area (Å²) in [6.07, 6.45) is 16.7.